The number of nitriles is 1. The van der Waals surface area contributed by atoms with E-state index in [0.717, 1.165) is 16.5 Å². The number of ether oxygens (including phenoxy) is 1. The molecule has 1 aromatic heterocycles. The first-order valence-corrected chi connectivity index (χ1v) is 6.81. The lowest BCUT2D eigenvalue weighted by atomic mass is 10.1. The highest BCUT2D eigenvalue weighted by Crippen LogP contribution is 2.29. The maximum absolute atomic E-state index is 9.23. The number of hydrogen-bond acceptors (Lipinski definition) is 3. The summed E-state index contributed by atoms with van der Waals surface area (Å²) in [6, 6.07) is 17.2. The molecule has 0 fully saturated rings. The normalized spacial score (nSPS) is 10.3. The van der Waals surface area contributed by atoms with Crippen LogP contribution in [0.25, 0.3) is 10.9 Å². The molecule has 2 aromatic carbocycles. The molecule has 3 rings (SSSR count). The molecule has 0 saturated heterocycles. The van der Waals surface area contributed by atoms with Crippen LogP contribution in [0.15, 0.2) is 54.7 Å². The van der Waals surface area contributed by atoms with Crippen molar-refractivity contribution in [3.8, 4) is 11.8 Å². The van der Waals surface area contributed by atoms with Crippen LogP contribution in [0.4, 0.5) is 0 Å². The fourth-order valence-electron chi connectivity index (χ4n) is 2.12. The minimum atomic E-state index is 0.308. The summed E-state index contributed by atoms with van der Waals surface area (Å²) in [5, 5.41) is 10.7. The zero-order chi connectivity index (χ0) is 14.7. The van der Waals surface area contributed by atoms with Gasteiger partial charge in [0.2, 0.25) is 0 Å². The van der Waals surface area contributed by atoms with Crippen molar-refractivity contribution >= 4 is 22.5 Å². The van der Waals surface area contributed by atoms with E-state index < -0.39 is 0 Å². The van der Waals surface area contributed by atoms with Gasteiger partial charge in [0.15, 0.2) is 0 Å². The Balaban J connectivity index is 2.00. The third-order valence-electron chi connectivity index (χ3n) is 3.18. The SMILES string of the molecule is N#Cc1cnc2ccccc2c1OCc1ccccc1Cl. The lowest BCUT2D eigenvalue weighted by molar-refractivity contribution is 0.309. The Kier molecular flexibility index (Phi) is 3.72. The fraction of sp³-hybridized carbons (Fsp3) is 0.0588. The summed E-state index contributed by atoms with van der Waals surface area (Å²) in [4.78, 5) is 4.26. The predicted molar refractivity (Wildman–Crippen MR) is 82.2 cm³/mol. The smallest absolute Gasteiger partial charge is 0.148 e. The Hall–Kier alpha value is -2.57. The van der Waals surface area contributed by atoms with Gasteiger partial charge >= 0.3 is 0 Å². The number of aromatic nitrogens is 1. The Morgan fingerprint density at radius 1 is 1.10 bits per heavy atom. The number of hydrogen-bond donors (Lipinski definition) is 0. The molecule has 0 aliphatic carbocycles. The van der Waals surface area contributed by atoms with Gasteiger partial charge in [0, 0.05) is 22.2 Å². The van der Waals surface area contributed by atoms with Crippen molar-refractivity contribution in [1.29, 1.82) is 5.26 Å². The predicted octanol–water partition coefficient (Wildman–Crippen LogP) is 4.34. The highest BCUT2D eigenvalue weighted by Gasteiger charge is 2.10. The van der Waals surface area contributed by atoms with Gasteiger partial charge in [-0.05, 0) is 18.2 Å². The molecule has 0 aliphatic rings. The molecular formula is C17H11ClN2O. The van der Waals surface area contributed by atoms with Crippen molar-refractivity contribution in [2.45, 2.75) is 6.61 Å². The monoisotopic (exact) mass is 294 g/mol. The molecule has 0 N–H and O–H groups in total. The van der Waals surface area contributed by atoms with Gasteiger partial charge in [-0.2, -0.15) is 5.26 Å². The second kappa shape index (κ2) is 5.82. The van der Waals surface area contributed by atoms with Crippen LogP contribution in [0, 0.1) is 11.3 Å². The molecule has 0 radical (unpaired) electrons. The van der Waals surface area contributed by atoms with E-state index in [9.17, 15) is 5.26 Å². The van der Waals surface area contributed by atoms with Crippen molar-refractivity contribution in [3.63, 3.8) is 0 Å². The van der Waals surface area contributed by atoms with E-state index in [0.29, 0.717) is 22.9 Å². The number of nitrogens with zero attached hydrogens (tertiary/aromatic N) is 2. The van der Waals surface area contributed by atoms with Gasteiger partial charge in [-0.15, -0.1) is 0 Å². The van der Waals surface area contributed by atoms with Crippen LogP contribution in [-0.2, 0) is 6.61 Å². The molecule has 0 aliphatic heterocycles. The van der Waals surface area contributed by atoms with Gasteiger partial charge in [0.25, 0.3) is 0 Å². The minimum absolute atomic E-state index is 0.308. The maximum Gasteiger partial charge on any atom is 0.148 e. The summed E-state index contributed by atoms with van der Waals surface area (Å²) in [6.07, 6.45) is 1.53. The summed E-state index contributed by atoms with van der Waals surface area (Å²) in [6.45, 7) is 0.308. The van der Waals surface area contributed by atoms with Gasteiger partial charge in [-0.3, -0.25) is 4.98 Å². The number of pyridine rings is 1. The van der Waals surface area contributed by atoms with Crippen molar-refractivity contribution < 1.29 is 4.74 Å². The van der Waals surface area contributed by atoms with Gasteiger partial charge in [0.05, 0.1) is 5.52 Å². The van der Waals surface area contributed by atoms with E-state index in [4.69, 9.17) is 16.3 Å². The molecule has 3 nitrogen and oxygen atoms in total. The van der Waals surface area contributed by atoms with Crippen molar-refractivity contribution in [2.75, 3.05) is 0 Å². The van der Waals surface area contributed by atoms with Crippen LogP contribution in [-0.4, -0.2) is 4.98 Å². The second-order valence-corrected chi connectivity index (χ2v) is 4.92. The van der Waals surface area contributed by atoms with E-state index in [-0.39, 0.29) is 0 Å². The van der Waals surface area contributed by atoms with E-state index in [1.807, 2.05) is 48.5 Å². The number of halogens is 1. The van der Waals surface area contributed by atoms with Crippen molar-refractivity contribution in [3.05, 3.63) is 70.9 Å². The topological polar surface area (TPSA) is 45.9 Å². The number of benzene rings is 2. The lowest BCUT2D eigenvalue weighted by Gasteiger charge is -2.11. The molecular weight excluding hydrogens is 284 g/mol. The van der Waals surface area contributed by atoms with Crippen LogP contribution in [0.1, 0.15) is 11.1 Å². The Morgan fingerprint density at radius 2 is 1.86 bits per heavy atom. The van der Waals surface area contributed by atoms with Crippen molar-refractivity contribution in [1.82, 2.24) is 4.98 Å². The van der Waals surface area contributed by atoms with E-state index in [1.54, 1.807) is 0 Å². The molecule has 3 aromatic rings. The first kappa shape index (κ1) is 13.4. The van der Waals surface area contributed by atoms with E-state index >= 15 is 0 Å². The molecule has 0 amide bonds. The largest absolute Gasteiger partial charge is 0.487 e. The molecule has 102 valence electrons. The average Bonchev–Trinajstić information content (AvgIpc) is 2.53. The standard InChI is InChI=1S/C17H11ClN2O/c18-15-7-3-1-5-12(15)11-21-17-13(9-19)10-20-16-8-4-2-6-14(16)17/h1-8,10H,11H2. The van der Waals surface area contributed by atoms with Crippen LogP contribution >= 0.6 is 11.6 Å². The molecule has 0 bridgehead atoms. The maximum atomic E-state index is 9.23. The number of rotatable bonds is 3. The molecule has 0 saturated carbocycles. The zero-order valence-electron chi connectivity index (χ0n) is 11.1. The first-order valence-electron chi connectivity index (χ1n) is 6.43. The molecule has 0 atom stereocenters. The van der Waals surface area contributed by atoms with E-state index in [2.05, 4.69) is 11.1 Å². The van der Waals surface area contributed by atoms with Crippen LogP contribution in [0.2, 0.25) is 5.02 Å². The van der Waals surface area contributed by atoms with Gasteiger partial charge in [-0.25, -0.2) is 0 Å². The van der Waals surface area contributed by atoms with E-state index in [1.165, 1.54) is 6.20 Å². The highest BCUT2D eigenvalue weighted by atomic mass is 35.5. The van der Waals surface area contributed by atoms with Crippen LogP contribution in [0.5, 0.6) is 5.75 Å². The minimum Gasteiger partial charge on any atom is -0.487 e. The number of para-hydroxylation sites is 1. The first-order chi connectivity index (χ1) is 10.3. The summed E-state index contributed by atoms with van der Waals surface area (Å²) in [7, 11) is 0. The third-order valence-corrected chi connectivity index (χ3v) is 3.55. The third kappa shape index (κ3) is 2.67. The summed E-state index contributed by atoms with van der Waals surface area (Å²) < 4.78 is 5.86. The molecule has 1 heterocycles. The van der Waals surface area contributed by atoms with Gasteiger partial charge in [-0.1, -0.05) is 41.9 Å². The van der Waals surface area contributed by atoms with Gasteiger partial charge < -0.3 is 4.74 Å². The fourth-order valence-corrected chi connectivity index (χ4v) is 2.31. The van der Waals surface area contributed by atoms with Crippen LogP contribution in [0.3, 0.4) is 0 Å². The molecule has 0 spiro atoms. The zero-order valence-corrected chi connectivity index (χ0v) is 11.8. The molecule has 21 heavy (non-hydrogen) atoms. The Morgan fingerprint density at radius 3 is 2.67 bits per heavy atom. The second-order valence-electron chi connectivity index (χ2n) is 4.51. The lowest BCUT2D eigenvalue weighted by Crippen LogP contribution is -1.99. The summed E-state index contributed by atoms with van der Waals surface area (Å²) in [5.74, 6) is 0.544. The van der Waals surface area contributed by atoms with Gasteiger partial charge in [0.1, 0.15) is 24.0 Å². The van der Waals surface area contributed by atoms with Crippen LogP contribution < -0.4 is 4.74 Å². The highest BCUT2D eigenvalue weighted by molar-refractivity contribution is 6.31. The average molecular weight is 295 g/mol. The summed E-state index contributed by atoms with van der Waals surface area (Å²) >= 11 is 6.13. The number of fused-ring (bicyclic) bond motifs is 1. The molecule has 0 unspecified atom stereocenters. The summed E-state index contributed by atoms with van der Waals surface area (Å²) in [5.41, 5.74) is 2.09. The molecule has 4 heteroatoms. The van der Waals surface area contributed by atoms with Crippen molar-refractivity contribution in [2.24, 2.45) is 0 Å². The quantitative estimate of drug-likeness (QED) is 0.722. The Bertz CT molecular complexity index is 840. The Labute approximate surface area is 127 Å².